The molecule has 0 aliphatic rings. The van der Waals surface area contributed by atoms with Crippen molar-refractivity contribution in [1.29, 1.82) is 0 Å². The Labute approximate surface area is 186 Å². The molecule has 1 heterocycles. The van der Waals surface area contributed by atoms with Gasteiger partial charge in [-0.05, 0) is 36.8 Å². The molecule has 6 nitrogen and oxygen atoms in total. The number of benzene rings is 1. The van der Waals surface area contributed by atoms with Crippen LogP contribution in [-0.2, 0) is 4.74 Å². The van der Waals surface area contributed by atoms with Gasteiger partial charge >= 0.3 is 5.97 Å². The van der Waals surface area contributed by atoms with Gasteiger partial charge in [-0.15, -0.1) is 11.3 Å². The van der Waals surface area contributed by atoms with Crippen molar-refractivity contribution in [1.82, 2.24) is 4.90 Å². The van der Waals surface area contributed by atoms with Crippen LogP contribution in [0.15, 0.2) is 12.1 Å². The van der Waals surface area contributed by atoms with Gasteiger partial charge < -0.3 is 20.3 Å². The monoisotopic (exact) mass is 479 g/mol. The number of nitrogens with one attached hydrogen (secondary N) is 2. The summed E-state index contributed by atoms with van der Waals surface area (Å²) < 4.78 is 4.85. The number of thiocarbonyl (C=S) groups is 1. The van der Waals surface area contributed by atoms with Gasteiger partial charge in [0.15, 0.2) is 5.11 Å². The molecule has 2 aromatic rings. The van der Waals surface area contributed by atoms with Crippen LogP contribution in [-0.4, -0.2) is 43.1 Å². The summed E-state index contributed by atoms with van der Waals surface area (Å²) in [6.07, 6.45) is 0. The van der Waals surface area contributed by atoms with E-state index in [2.05, 4.69) is 10.6 Å². The van der Waals surface area contributed by atoms with Crippen LogP contribution in [0, 0.1) is 6.92 Å². The quantitative estimate of drug-likeness (QED) is 0.351. The van der Waals surface area contributed by atoms with Crippen LogP contribution in [0.25, 0.3) is 0 Å². The topological polar surface area (TPSA) is 70.7 Å². The van der Waals surface area contributed by atoms with Crippen LogP contribution < -0.4 is 10.6 Å². The highest BCUT2D eigenvalue weighted by atomic mass is 35.5. The Morgan fingerprint density at radius 1 is 1.11 bits per heavy atom. The molecule has 1 amide bonds. The maximum absolute atomic E-state index is 12.4. The van der Waals surface area contributed by atoms with E-state index in [0.717, 1.165) is 11.3 Å². The van der Waals surface area contributed by atoms with Crippen LogP contribution >= 0.6 is 58.4 Å². The minimum atomic E-state index is -0.579. The summed E-state index contributed by atoms with van der Waals surface area (Å²) in [6, 6.07) is 3.02. The number of anilines is 2. The van der Waals surface area contributed by atoms with E-state index in [1.807, 2.05) is 0 Å². The standard InChI is InChI=1S/C17H16Cl3N3O3S2/c1-7-12(16(25)26-4)14(28-13(7)15(24)23(2)3)22-17(27)21-11-6-9(19)8(18)5-10(11)20/h5-6H,1-4H3,(H2,21,22,27). The Morgan fingerprint density at radius 2 is 1.71 bits per heavy atom. The summed E-state index contributed by atoms with van der Waals surface area (Å²) in [7, 11) is 4.53. The van der Waals surface area contributed by atoms with Crippen LogP contribution in [0.2, 0.25) is 15.1 Å². The molecule has 0 saturated heterocycles. The predicted octanol–water partition coefficient (Wildman–Crippen LogP) is 5.31. The van der Waals surface area contributed by atoms with E-state index in [1.165, 1.54) is 24.1 Å². The molecule has 11 heteroatoms. The number of ether oxygens (including phenoxy) is 1. The van der Waals surface area contributed by atoms with E-state index >= 15 is 0 Å². The third-order valence-corrected chi connectivity index (χ3v) is 6.06. The number of hydrogen-bond acceptors (Lipinski definition) is 5. The number of methoxy groups -OCH3 is 1. The van der Waals surface area contributed by atoms with Crippen molar-refractivity contribution in [3.63, 3.8) is 0 Å². The molecule has 1 aromatic heterocycles. The SMILES string of the molecule is COC(=O)c1c(NC(=S)Nc2cc(Cl)c(Cl)cc2Cl)sc(C(=O)N(C)C)c1C. The fourth-order valence-electron chi connectivity index (χ4n) is 2.23. The Kier molecular flexibility index (Phi) is 7.52. The smallest absolute Gasteiger partial charge is 0.341 e. The lowest BCUT2D eigenvalue weighted by Crippen LogP contribution is -2.21. The molecule has 0 saturated carbocycles. The van der Waals surface area contributed by atoms with Gasteiger partial charge in [-0.2, -0.15) is 0 Å². The van der Waals surface area contributed by atoms with Crippen molar-refractivity contribution in [2.75, 3.05) is 31.8 Å². The summed E-state index contributed by atoms with van der Waals surface area (Å²) in [5, 5.41) is 7.28. The lowest BCUT2D eigenvalue weighted by atomic mass is 10.1. The first kappa shape index (κ1) is 22.7. The molecule has 0 bridgehead atoms. The average molecular weight is 481 g/mol. The second-order valence-electron chi connectivity index (χ2n) is 5.78. The molecule has 0 unspecified atom stereocenters. The lowest BCUT2D eigenvalue weighted by molar-refractivity contribution is 0.0601. The minimum absolute atomic E-state index is 0.149. The van der Waals surface area contributed by atoms with Gasteiger partial charge in [0.2, 0.25) is 0 Å². The summed E-state index contributed by atoms with van der Waals surface area (Å²) in [5.41, 5.74) is 1.18. The van der Waals surface area contributed by atoms with Gasteiger partial charge in [0.05, 0.1) is 38.3 Å². The van der Waals surface area contributed by atoms with E-state index in [-0.39, 0.29) is 16.6 Å². The van der Waals surface area contributed by atoms with Crippen LogP contribution in [0.3, 0.4) is 0 Å². The Balaban J connectivity index is 2.35. The Hall–Kier alpha value is -1.58. The molecule has 0 fully saturated rings. The number of carbonyl (C=O) groups is 2. The molecule has 0 aliphatic carbocycles. The van der Waals surface area contributed by atoms with Crippen molar-refractivity contribution >= 4 is 86.0 Å². The summed E-state index contributed by atoms with van der Waals surface area (Å²) >= 11 is 24.5. The van der Waals surface area contributed by atoms with Crippen LogP contribution in [0.5, 0.6) is 0 Å². The fourth-order valence-corrected chi connectivity index (χ4v) is 4.32. The lowest BCUT2D eigenvalue weighted by Gasteiger charge is -2.12. The first-order valence-corrected chi connectivity index (χ1v) is 10.1. The van der Waals surface area contributed by atoms with E-state index < -0.39 is 5.97 Å². The third-order valence-electron chi connectivity index (χ3n) is 3.62. The number of nitrogens with zero attached hydrogens (tertiary/aromatic N) is 1. The molecule has 0 atom stereocenters. The number of carbonyl (C=O) groups excluding carboxylic acids is 2. The van der Waals surface area contributed by atoms with Gasteiger partial charge in [-0.3, -0.25) is 4.79 Å². The van der Waals surface area contributed by atoms with E-state index in [4.69, 9.17) is 51.8 Å². The van der Waals surface area contributed by atoms with Crippen LogP contribution in [0.4, 0.5) is 10.7 Å². The molecule has 28 heavy (non-hydrogen) atoms. The highest BCUT2D eigenvalue weighted by Crippen LogP contribution is 2.35. The molecule has 1 aromatic carbocycles. The van der Waals surface area contributed by atoms with E-state index in [0.29, 0.717) is 36.2 Å². The number of amides is 1. The predicted molar refractivity (Wildman–Crippen MR) is 120 cm³/mol. The third kappa shape index (κ3) is 4.87. The van der Waals surface area contributed by atoms with Crippen molar-refractivity contribution < 1.29 is 14.3 Å². The summed E-state index contributed by atoms with van der Waals surface area (Å²) in [5.74, 6) is -0.809. The maximum atomic E-state index is 12.4. The molecule has 150 valence electrons. The Morgan fingerprint density at radius 3 is 2.29 bits per heavy atom. The van der Waals surface area contributed by atoms with E-state index in [1.54, 1.807) is 21.0 Å². The zero-order valence-corrected chi connectivity index (χ0v) is 19.2. The fraction of sp³-hybridized carbons (Fsp3) is 0.235. The van der Waals surface area contributed by atoms with Gasteiger partial charge in [-0.25, -0.2) is 4.79 Å². The first-order valence-electron chi connectivity index (χ1n) is 7.72. The molecule has 0 aliphatic heterocycles. The van der Waals surface area contributed by atoms with Gasteiger partial charge in [-0.1, -0.05) is 34.8 Å². The van der Waals surface area contributed by atoms with Crippen LogP contribution in [0.1, 0.15) is 25.6 Å². The zero-order chi connectivity index (χ0) is 21.2. The molecule has 0 spiro atoms. The highest BCUT2D eigenvalue weighted by molar-refractivity contribution is 7.80. The number of thiophene rings is 1. The number of halogens is 3. The summed E-state index contributed by atoms with van der Waals surface area (Å²) in [6.45, 7) is 1.68. The first-order chi connectivity index (χ1) is 13.1. The highest BCUT2D eigenvalue weighted by Gasteiger charge is 2.26. The molecular formula is C17H16Cl3N3O3S2. The van der Waals surface area contributed by atoms with Crippen molar-refractivity contribution in [2.24, 2.45) is 0 Å². The largest absolute Gasteiger partial charge is 0.465 e. The zero-order valence-electron chi connectivity index (χ0n) is 15.3. The van der Waals surface area contributed by atoms with Gasteiger partial charge in [0, 0.05) is 14.1 Å². The summed E-state index contributed by atoms with van der Waals surface area (Å²) in [4.78, 5) is 26.5. The second-order valence-corrected chi connectivity index (χ2v) is 8.43. The molecule has 2 rings (SSSR count). The molecule has 2 N–H and O–H groups in total. The molecular weight excluding hydrogens is 465 g/mol. The van der Waals surface area contributed by atoms with Gasteiger partial charge in [0.25, 0.3) is 5.91 Å². The second kappa shape index (κ2) is 9.28. The van der Waals surface area contributed by atoms with Crippen molar-refractivity contribution in [2.45, 2.75) is 6.92 Å². The minimum Gasteiger partial charge on any atom is -0.465 e. The van der Waals surface area contributed by atoms with Crippen molar-refractivity contribution in [3.05, 3.63) is 43.2 Å². The maximum Gasteiger partial charge on any atom is 0.341 e. The Bertz CT molecular complexity index is 961. The normalized spacial score (nSPS) is 10.4. The van der Waals surface area contributed by atoms with Gasteiger partial charge in [0.1, 0.15) is 5.00 Å². The molecule has 0 radical (unpaired) electrons. The number of hydrogen-bond donors (Lipinski definition) is 2. The average Bonchev–Trinajstić information content (AvgIpc) is 2.94. The number of rotatable bonds is 4. The van der Waals surface area contributed by atoms with E-state index in [9.17, 15) is 9.59 Å². The van der Waals surface area contributed by atoms with Crippen molar-refractivity contribution in [3.8, 4) is 0 Å². The number of esters is 1.